The zero-order valence-electron chi connectivity index (χ0n) is 22.3. The Morgan fingerprint density at radius 3 is 2.68 bits per heavy atom. The summed E-state index contributed by atoms with van der Waals surface area (Å²) in [5.41, 5.74) is 3.30. The molecule has 2 N–H and O–H groups in total. The standard InChI is InChI=1S/C29H38N2O6S/c1-20-16-31(21(2)19-32)38(35,36)28-13-12-24(23-9-5-4-6-10-23)15-26(28)37-27(20)18-30(3)17-22-8-7-11-25(14-22)29(33)34/h7-9,11-15,20-21,27,32H,4-6,10,16-19H2,1-3H3,(H,33,34)/t20-,21-,27+/m0/s1. The summed E-state index contributed by atoms with van der Waals surface area (Å²) in [5, 5.41) is 19.2. The molecule has 0 bridgehead atoms. The van der Waals surface area contributed by atoms with Gasteiger partial charge in [0.25, 0.3) is 0 Å². The maximum Gasteiger partial charge on any atom is 0.335 e. The minimum absolute atomic E-state index is 0.117. The lowest BCUT2D eigenvalue weighted by atomic mass is 9.93. The lowest BCUT2D eigenvalue weighted by Gasteiger charge is -2.37. The summed E-state index contributed by atoms with van der Waals surface area (Å²) < 4.78 is 35.4. The molecular weight excluding hydrogens is 504 g/mol. The number of aromatic carboxylic acids is 1. The van der Waals surface area contributed by atoms with Crippen molar-refractivity contribution in [1.29, 1.82) is 0 Å². The molecule has 9 heteroatoms. The van der Waals surface area contributed by atoms with Crippen LogP contribution in [0.3, 0.4) is 0 Å². The predicted octanol–water partition coefficient (Wildman–Crippen LogP) is 4.24. The molecular formula is C29H38N2O6S. The van der Waals surface area contributed by atoms with Gasteiger partial charge in [-0.2, -0.15) is 4.31 Å². The van der Waals surface area contributed by atoms with Gasteiger partial charge in [0, 0.05) is 31.6 Å². The monoisotopic (exact) mass is 542 g/mol. The quantitative estimate of drug-likeness (QED) is 0.514. The maximum atomic E-state index is 13.7. The number of benzene rings is 2. The molecule has 0 saturated carbocycles. The molecule has 2 aliphatic rings. The molecule has 0 fully saturated rings. The van der Waals surface area contributed by atoms with E-state index in [0.29, 0.717) is 18.8 Å². The van der Waals surface area contributed by atoms with E-state index in [4.69, 9.17) is 4.74 Å². The molecule has 0 unspecified atom stereocenters. The van der Waals surface area contributed by atoms with Crippen molar-refractivity contribution in [2.75, 3.05) is 26.7 Å². The van der Waals surface area contributed by atoms with Crippen molar-refractivity contribution in [2.24, 2.45) is 5.92 Å². The van der Waals surface area contributed by atoms with Crippen LogP contribution < -0.4 is 4.74 Å². The first-order valence-corrected chi connectivity index (χ1v) is 14.7. The second-order valence-electron chi connectivity index (χ2n) is 10.6. The molecule has 4 rings (SSSR count). The third-order valence-electron chi connectivity index (χ3n) is 7.45. The highest BCUT2D eigenvalue weighted by molar-refractivity contribution is 7.89. The van der Waals surface area contributed by atoms with Gasteiger partial charge < -0.3 is 14.9 Å². The second-order valence-corrected chi connectivity index (χ2v) is 12.4. The van der Waals surface area contributed by atoms with E-state index >= 15 is 0 Å². The first kappa shape index (κ1) is 28.3. The molecule has 38 heavy (non-hydrogen) atoms. The summed E-state index contributed by atoms with van der Waals surface area (Å²) in [4.78, 5) is 13.6. The molecule has 0 amide bonds. The highest BCUT2D eigenvalue weighted by Crippen LogP contribution is 2.37. The van der Waals surface area contributed by atoms with Crippen molar-refractivity contribution >= 4 is 21.6 Å². The normalized spacial score (nSPS) is 22.5. The summed E-state index contributed by atoms with van der Waals surface area (Å²) in [5.74, 6) is -0.800. The topological polar surface area (TPSA) is 107 Å². The first-order valence-electron chi connectivity index (χ1n) is 13.2. The Morgan fingerprint density at radius 2 is 2.00 bits per heavy atom. The molecule has 206 valence electrons. The number of fused-ring (bicyclic) bond motifs is 1. The average molecular weight is 543 g/mol. The molecule has 0 saturated heterocycles. The number of likely N-dealkylation sites (N-methyl/N-ethyl adjacent to an activating group) is 1. The zero-order chi connectivity index (χ0) is 27.4. The van der Waals surface area contributed by atoms with Crippen molar-refractivity contribution in [3.8, 4) is 5.75 Å². The fourth-order valence-corrected chi connectivity index (χ4v) is 7.06. The molecule has 0 spiro atoms. The van der Waals surface area contributed by atoms with E-state index in [1.54, 1.807) is 31.2 Å². The van der Waals surface area contributed by atoms with Gasteiger partial charge in [-0.3, -0.25) is 4.90 Å². The van der Waals surface area contributed by atoms with Crippen molar-refractivity contribution < 1.29 is 28.2 Å². The average Bonchev–Trinajstić information content (AvgIpc) is 2.90. The number of allylic oxidation sites excluding steroid dienone is 2. The molecule has 2 aromatic carbocycles. The van der Waals surface area contributed by atoms with Crippen LogP contribution in [0, 0.1) is 5.92 Å². The van der Waals surface area contributed by atoms with Crippen LogP contribution in [0.15, 0.2) is 53.4 Å². The lowest BCUT2D eigenvalue weighted by molar-refractivity contribution is 0.0693. The predicted molar refractivity (Wildman–Crippen MR) is 147 cm³/mol. The maximum absolute atomic E-state index is 13.7. The number of nitrogens with zero attached hydrogens (tertiary/aromatic N) is 2. The Morgan fingerprint density at radius 1 is 1.21 bits per heavy atom. The van der Waals surface area contributed by atoms with Crippen molar-refractivity contribution in [3.63, 3.8) is 0 Å². The number of ether oxygens (including phenoxy) is 1. The number of aliphatic hydroxyl groups is 1. The van der Waals surface area contributed by atoms with Crippen LogP contribution in [0.5, 0.6) is 5.75 Å². The van der Waals surface area contributed by atoms with Gasteiger partial charge in [0.1, 0.15) is 16.7 Å². The van der Waals surface area contributed by atoms with E-state index in [-0.39, 0.29) is 35.6 Å². The number of carboxylic acids is 1. The molecule has 0 radical (unpaired) electrons. The highest BCUT2D eigenvalue weighted by Gasteiger charge is 2.38. The van der Waals surface area contributed by atoms with Gasteiger partial charge in [0.2, 0.25) is 10.0 Å². The van der Waals surface area contributed by atoms with E-state index in [0.717, 1.165) is 36.8 Å². The third-order valence-corrected chi connectivity index (χ3v) is 9.47. The van der Waals surface area contributed by atoms with Crippen LogP contribution in [-0.4, -0.2) is 72.7 Å². The van der Waals surface area contributed by atoms with Gasteiger partial charge >= 0.3 is 5.97 Å². The van der Waals surface area contributed by atoms with Gasteiger partial charge in [-0.15, -0.1) is 0 Å². The number of hydrogen-bond donors (Lipinski definition) is 2. The summed E-state index contributed by atoms with van der Waals surface area (Å²) >= 11 is 0. The third kappa shape index (κ3) is 6.29. The summed E-state index contributed by atoms with van der Waals surface area (Å²) in [6.07, 6.45) is 6.13. The molecule has 2 aromatic rings. The SMILES string of the molecule is C[C@H]1CN([C@@H](C)CO)S(=O)(=O)c2ccc(C3=CCCCC3)cc2O[C@@H]1CN(C)Cc1cccc(C(=O)O)c1. The Hall–Kier alpha value is -2.72. The highest BCUT2D eigenvalue weighted by atomic mass is 32.2. The number of carbonyl (C=O) groups is 1. The van der Waals surface area contributed by atoms with Crippen molar-refractivity contribution in [1.82, 2.24) is 9.21 Å². The number of carboxylic acid groups (broad SMARTS) is 1. The van der Waals surface area contributed by atoms with E-state index < -0.39 is 22.0 Å². The minimum Gasteiger partial charge on any atom is -0.487 e. The summed E-state index contributed by atoms with van der Waals surface area (Å²) in [6, 6.07) is 11.6. The van der Waals surface area contributed by atoms with Gasteiger partial charge in [-0.1, -0.05) is 31.2 Å². The van der Waals surface area contributed by atoms with Gasteiger partial charge in [0.15, 0.2) is 0 Å². The Bertz CT molecular complexity index is 1290. The summed E-state index contributed by atoms with van der Waals surface area (Å²) in [6.45, 7) is 4.63. The zero-order valence-corrected chi connectivity index (χ0v) is 23.2. The van der Waals surface area contributed by atoms with Crippen LogP contribution >= 0.6 is 0 Å². The van der Waals surface area contributed by atoms with Gasteiger partial charge in [0.05, 0.1) is 12.2 Å². The molecule has 1 aliphatic carbocycles. The molecule has 1 heterocycles. The second kappa shape index (κ2) is 12.0. The van der Waals surface area contributed by atoms with Crippen LogP contribution in [0.2, 0.25) is 0 Å². The van der Waals surface area contributed by atoms with Crippen LogP contribution in [0.4, 0.5) is 0 Å². The minimum atomic E-state index is -3.89. The van der Waals surface area contributed by atoms with Crippen molar-refractivity contribution in [3.05, 3.63) is 65.2 Å². The van der Waals surface area contributed by atoms with E-state index in [1.807, 2.05) is 32.2 Å². The number of hydrogen-bond acceptors (Lipinski definition) is 6. The van der Waals surface area contributed by atoms with Crippen LogP contribution in [0.1, 0.15) is 61.0 Å². The van der Waals surface area contributed by atoms with E-state index in [1.165, 1.54) is 9.88 Å². The molecule has 3 atom stereocenters. The fourth-order valence-electron chi connectivity index (χ4n) is 5.23. The molecule has 8 nitrogen and oxygen atoms in total. The Kier molecular flexibility index (Phi) is 8.92. The Labute approximate surface area is 225 Å². The smallest absolute Gasteiger partial charge is 0.335 e. The molecule has 0 aromatic heterocycles. The van der Waals surface area contributed by atoms with Crippen LogP contribution in [0.25, 0.3) is 5.57 Å². The Balaban J connectivity index is 1.67. The van der Waals surface area contributed by atoms with Gasteiger partial charge in [-0.25, -0.2) is 13.2 Å². The first-order chi connectivity index (χ1) is 18.1. The largest absolute Gasteiger partial charge is 0.487 e. The van der Waals surface area contributed by atoms with E-state index in [2.05, 4.69) is 11.0 Å². The fraction of sp³-hybridized carbons (Fsp3) is 0.483. The lowest BCUT2D eigenvalue weighted by Crippen LogP contribution is -2.49. The number of rotatable bonds is 8. The number of aliphatic hydroxyl groups excluding tert-OH is 1. The summed E-state index contributed by atoms with van der Waals surface area (Å²) in [7, 11) is -1.95. The number of sulfonamides is 1. The van der Waals surface area contributed by atoms with Crippen LogP contribution in [-0.2, 0) is 16.6 Å². The van der Waals surface area contributed by atoms with E-state index in [9.17, 15) is 23.4 Å². The molecule has 1 aliphatic heterocycles. The van der Waals surface area contributed by atoms with Crippen molar-refractivity contribution in [2.45, 2.75) is 63.1 Å². The van der Waals surface area contributed by atoms with Gasteiger partial charge in [-0.05, 0) is 80.6 Å².